The van der Waals surface area contributed by atoms with Gasteiger partial charge in [-0.15, -0.1) is 0 Å². The Morgan fingerprint density at radius 1 is 1.47 bits per heavy atom. The zero-order valence-corrected chi connectivity index (χ0v) is 10.4. The van der Waals surface area contributed by atoms with Gasteiger partial charge in [0.2, 0.25) is 0 Å². The van der Waals surface area contributed by atoms with Crippen LogP contribution in [0.15, 0.2) is 0 Å². The standard InChI is InChI=1S/C11H24N2O2/c1-5-7-8-13(3)9-10(12-6-2)11(14)15-4/h10,12H,5-9H2,1-4H3. The fourth-order valence-electron chi connectivity index (χ4n) is 1.44. The lowest BCUT2D eigenvalue weighted by Gasteiger charge is -2.22. The number of carbonyl (C=O) groups is 1. The molecule has 0 aliphatic rings. The number of esters is 1. The molecule has 0 rings (SSSR count). The predicted molar refractivity (Wildman–Crippen MR) is 61.9 cm³/mol. The molecule has 0 aromatic rings. The Hall–Kier alpha value is -0.610. The molecule has 1 atom stereocenters. The number of ether oxygens (including phenoxy) is 1. The summed E-state index contributed by atoms with van der Waals surface area (Å²) in [6.07, 6.45) is 2.34. The number of unbranched alkanes of at least 4 members (excludes halogenated alkanes) is 1. The summed E-state index contributed by atoms with van der Waals surface area (Å²) in [5.74, 6) is -0.180. The number of hydrogen-bond donors (Lipinski definition) is 1. The summed E-state index contributed by atoms with van der Waals surface area (Å²) in [6.45, 7) is 6.66. The Labute approximate surface area is 93.0 Å². The topological polar surface area (TPSA) is 41.6 Å². The molecule has 0 aliphatic carbocycles. The third-order valence-corrected chi connectivity index (χ3v) is 2.32. The van der Waals surface area contributed by atoms with Gasteiger partial charge in [-0.25, -0.2) is 0 Å². The largest absolute Gasteiger partial charge is 0.468 e. The Morgan fingerprint density at radius 3 is 2.60 bits per heavy atom. The first-order valence-corrected chi connectivity index (χ1v) is 5.65. The quantitative estimate of drug-likeness (QED) is 0.611. The van der Waals surface area contributed by atoms with E-state index in [1.807, 2.05) is 14.0 Å². The Bertz CT molecular complexity index is 174. The van der Waals surface area contributed by atoms with Gasteiger partial charge in [-0.1, -0.05) is 20.3 Å². The van der Waals surface area contributed by atoms with Crippen molar-refractivity contribution in [3.8, 4) is 0 Å². The van der Waals surface area contributed by atoms with Crippen molar-refractivity contribution in [1.29, 1.82) is 0 Å². The maximum atomic E-state index is 11.4. The van der Waals surface area contributed by atoms with E-state index in [4.69, 9.17) is 4.74 Å². The summed E-state index contributed by atoms with van der Waals surface area (Å²) >= 11 is 0. The SMILES string of the molecule is CCCCN(C)CC(NCC)C(=O)OC. The molecule has 0 aromatic heterocycles. The van der Waals surface area contributed by atoms with E-state index >= 15 is 0 Å². The lowest BCUT2D eigenvalue weighted by Crippen LogP contribution is -2.45. The molecule has 0 fully saturated rings. The van der Waals surface area contributed by atoms with E-state index in [1.165, 1.54) is 13.5 Å². The van der Waals surface area contributed by atoms with E-state index in [-0.39, 0.29) is 12.0 Å². The van der Waals surface area contributed by atoms with E-state index < -0.39 is 0 Å². The van der Waals surface area contributed by atoms with Crippen LogP contribution in [0.1, 0.15) is 26.7 Å². The molecule has 0 aliphatic heterocycles. The normalized spacial score (nSPS) is 12.9. The average molecular weight is 216 g/mol. The van der Waals surface area contributed by atoms with Gasteiger partial charge in [0.1, 0.15) is 6.04 Å². The summed E-state index contributed by atoms with van der Waals surface area (Å²) < 4.78 is 4.74. The van der Waals surface area contributed by atoms with Crippen LogP contribution >= 0.6 is 0 Å². The first-order valence-electron chi connectivity index (χ1n) is 5.65. The fourth-order valence-corrected chi connectivity index (χ4v) is 1.44. The van der Waals surface area contributed by atoms with Crippen molar-refractivity contribution in [2.24, 2.45) is 0 Å². The minimum absolute atomic E-state index is 0.180. The highest BCUT2D eigenvalue weighted by Gasteiger charge is 2.19. The monoisotopic (exact) mass is 216 g/mol. The van der Waals surface area contributed by atoms with E-state index in [0.29, 0.717) is 6.54 Å². The van der Waals surface area contributed by atoms with Gasteiger partial charge in [-0.2, -0.15) is 0 Å². The van der Waals surface area contributed by atoms with Crippen molar-refractivity contribution in [2.75, 3.05) is 33.8 Å². The Morgan fingerprint density at radius 2 is 2.13 bits per heavy atom. The Balaban J connectivity index is 3.97. The summed E-state index contributed by atoms with van der Waals surface area (Å²) in [4.78, 5) is 13.6. The van der Waals surface area contributed by atoms with Gasteiger partial charge >= 0.3 is 5.97 Å². The zero-order valence-electron chi connectivity index (χ0n) is 10.4. The first kappa shape index (κ1) is 14.4. The molecule has 0 radical (unpaired) electrons. The highest BCUT2D eigenvalue weighted by Crippen LogP contribution is 1.96. The number of methoxy groups -OCH3 is 1. The molecule has 0 saturated carbocycles. The number of rotatable bonds is 8. The molecule has 1 unspecified atom stereocenters. The lowest BCUT2D eigenvalue weighted by atomic mass is 10.2. The van der Waals surface area contributed by atoms with Crippen LogP contribution < -0.4 is 5.32 Å². The van der Waals surface area contributed by atoms with Crippen molar-refractivity contribution in [2.45, 2.75) is 32.7 Å². The van der Waals surface area contributed by atoms with E-state index in [9.17, 15) is 4.79 Å². The molecule has 0 heterocycles. The summed E-state index contributed by atoms with van der Waals surface area (Å²) in [5, 5.41) is 3.12. The molecule has 15 heavy (non-hydrogen) atoms. The zero-order chi connectivity index (χ0) is 11.7. The number of nitrogens with one attached hydrogen (secondary N) is 1. The van der Waals surface area contributed by atoms with Crippen LogP contribution in [0.2, 0.25) is 0 Å². The van der Waals surface area contributed by atoms with Crippen LogP contribution in [0, 0.1) is 0 Å². The second-order valence-electron chi connectivity index (χ2n) is 3.75. The van der Waals surface area contributed by atoms with E-state index in [2.05, 4.69) is 17.1 Å². The summed E-state index contributed by atoms with van der Waals surface area (Å²) in [6, 6.07) is -0.207. The summed E-state index contributed by atoms with van der Waals surface area (Å²) in [5.41, 5.74) is 0. The fraction of sp³-hybridized carbons (Fsp3) is 0.909. The van der Waals surface area contributed by atoms with Crippen LogP contribution in [0.25, 0.3) is 0 Å². The molecule has 0 spiro atoms. The van der Waals surface area contributed by atoms with Gasteiger partial charge in [0.25, 0.3) is 0 Å². The van der Waals surface area contributed by atoms with Gasteiger partial charge in [0.05, 0.1) is 7.11 Å². The van der Waals surface area contributed by atoms with Gasteiger partial charge < -0.3 is 15.0 Å². The smallest absolute Gasteiger partial charge is 0.324 e. The van der Waals surface area contributed by atoms with Gasteiger partial charge in [-0.05, 0) is 26.6 Å². The van der Waals surface area contributed by atoms with Crippen molar-refractivity contribution in [3.63, 3.8) is 0 Å². The number of carbonyl (C=O) groups excluding carboxylic acids is 1. The number of likely N-dealkylation sites (N-methyl/N-ethyl adjacent to an activating group) is 2. The lowest BCUT2D eigenvalue weighted by molar-refractivity contribution is -0.143. The van der Waals surface area contributed by atoms with Gasteiger partial charge in [0.15, 0.2) is 0 Å². The molecule has 1 N–H and O–H groups in total. The molecule has 4 heteroatoms. The highest BCUT2D eigenvalue weighted by molar-refractivity contribution is 5.75. The second-order valence-corrected chi connectivity index (χ2v) is 3.75. The minimum Gasteiger partial charge on any atom is -0.468 e. The van der Waals surface area contributed by atoms with Crippen molar-refractivity contribution in [3.05, 3.63) is 0 Å². The minimum atomic E-state index is -0.207. The van der Waals surface area contributed by atoms with Gasteiger partial charge in [0, 0.05) is 6.54 Å². The van der Waals surface area contributed by atoms with Crippen LogP contribution in [-0.4, -0.2) is 50.7 Å². The molecule has 0 aromatic carbocycles. The maximum absolute atomic E-state index is 11.4. The predicted octanol–water partition coefficient (Wildman–Crippen LogP) is 0.869. The maximum Gasteiger partial charge on any atom is 0.324 e. The molecular weight excluding hydrogens is 192 g/mol. The number of nitrogens with zero attached hydrogens (tertiary/aromatic N) is 1. The third-order valence-electron chi connectivity index (χ3n) is 2.32. The van der Waals surface area contributed by atoms with Gasteiger partial charge in [-0.3, -0.25) is 4.79 Å². The van der Waals surface area contributed by atoms with Crippen LogP contribution in [0.3, 0.4) is 0 Å². The molecule has 0 amide bonds. The first-order chi connectivity index (χ1) is 7.15. The molecule has 90 valence electrons. The van der Waals surface area contributed by atoms with E-state index in [1.54, 1.807) is 0 Å². The number of hydrogen-bond acceptors (Lipinski definition) is 4. The molecule has 0 bridgehead atoms. The second kappa shape index (κ2) is 8.68. The summed E-state index contributed by atoms with van der Waals surface area (Å²) in [7, 11) is 3.46. The highest BCUT2D eigenvalue weighted by atomic mass is 16.5. The van der Waals surface area contributed by atoms with Crippen LogP contribution in [-0.2, 0) is 9.53 Å². The molecular formula is C11H24N2O2. The Kier molecular flexibility index (Phi) is 8.33. The molecule has 0 saturated heterocycles. The molecule has 4 nitrogen and oxygen atoms in total. The van der Waals surface area contributed by atoms with E-state index in [0.717, 1.165) is 19.5 Å². The van der Waals surface area contributed by atoms with Crippen molar-refractivity contribution in [1.82, 2.24) is 10.2 Å². The van der Waals surface area contributed by atoms with Crippen LogP contribution in [0.4, 0.5) is 0 Å². The average Bonchev–Trinajstić information content (AvgIpc) is 2.24. The van der Waals surface area contributed by atoms with Crippen molar-refractivity contribution >= 4 is 5.97 Å². The van der Waals surface area contributed by atoms with Crippen LogP contribution in [0.5, 0.6) is 0 Å². The third kappa shape index (κ3) is 6.47. The van der Waals surface area contributed by atoms with Crippen molar-refractivity contribution < 1.29 is 9.53 Å².